The summed E-state index contributed by atoms with van der Waals surface area (Å²) in [6.07, 6.45) is 1.58. The van der Waals surface area contributed by atoms with Crippen molar-refractivity contribution in [1.29, 1.82) is 0 Å². The van der Waals surface area contributed by atoms with E-state index in [0.29, 0.717) is 21.8 Å². The summed E-state index contributed by atoms with van der Waals surface area (Å²) in [5.41, 5.74) is 3.02. The third-order valence-corrected chi connectivity index (χ3v) is 6.48. The quantitative estimate of drug-likeness (QED) is 0.202. The van der Waals surface area contributed by atoms with Gasteiger partial charge in [0.2, 0.25) is 0 Å². The van der Waals surface area contributed by atoms with Crippen LogP contribution in [0.3, 0.4) is 0 Å². The molecule has 0 heterocycles. The number of carbonyl (C=O) groups is 2. The van der Waals surface area contributed by atoms with Gasteiger partial charge in [-0.15, -0.1) is 11.8 Å². The average Bonchev–Trinajstić information content (AvgIpc) is 2.89. The van der Waals surface area contributed by atoms with E-state index in [1.54, 1.807) is 60.3 Å². The second-order valence-corrected chi connectivity index (χ2v) is 9.11. The molecule has 0 spiro atoms. The molecule has 2 amide bonds. The van der Waals surface area contributed by atoms with Gasteiger partial charge in [0.05, 0.1) is 0 Å². The number of carbonyl (C=O) groups excluding carboxylic acids is 2. The predicted molar refractivity (Wildman–Crippen MR) is 144 cm³/mol. The van der Waals surface area contributed by atoms with Crippen molar-refractivity contribution in [3.63, 3.8) is 0 Å². The van der Waals surface area contributed by atoms with Crippen molar-refractivity contribution in [3.8, 4) is 0 Å². The molecular weight excluding hydrogens is 476 g/mol. The van der Waals surface area contributed by atoms with Gasteiger partial charge in [-0.2, -0.15) is 0 Å². The molecule has 4 rings (SSSR count). The van der Waals surface area contributed by atoms with Crippen LogP contribution in [0, 0.1) is 0 Å². The van der Waals surface area contributed by atoms with E-state index in [0.717, 1.165) is 10.6 Å². The molecule has 0 radical (unpaired) electrons. The van der Waals surface area contributed by atoms with Crippen LogP contribution in [0.5, 0.6) is 0 Å². The molecule has 4 aromatic rings. The molecule has 0 atom stereocenters. The van der Waals surface area contributed by atoms with Gasteiger partial charge in [-0.3, -0.25) is 9.59 Å². The maximum atomic E-state index is 13.2. The Kier molecular flexibility index (Phi) is 8.39. The van der Waals surface area contributed by atoms with Gasteiger partial charge in [-0.1, -0.05) is 84.4 Å². The molecule has 0 saturated heterocycles. The minimum absolute atomic E-state index is 0.0919. The Morgan fingerprint density at radius 1 is 0.800 bits per heavy atom. The SMILES string of the molecule is O=C(Nc1cccc(SCc2ccccc2)c1)/C(=C/c1ccccc1Cl)NC(=O)c1ccccc1. The van der Waals surface area contributed by atoms with Crippen molar-refractivity contribution in [2.24, 2.45) is 0 Å². The van der Waals surface area contributed by atoms with Gasteiger partial charge in [0, 0.05) is 26.9 Å². The highest BCUT2D eigenvalue weighted by molar-refractivity contribution is 7.98. The summed E-state index contributed by atoms with van der Waals surface area (Å²) < 4.78 is 0. The number of benzene rings is 4. The molecule has 0 saturated carbocycles. The first-order valence-electron chi connectivity index (χ1n) is 11.0. The molecule has 0 aliphatic heterocycles. The van der Waals surface area contributed by atoms with E-state index >= 15 is 0 Å². The van der Waals surface area contributed by atoms with Crippen LogP contribution in [-0.2, 0) is 10.5 Å². The molecule has 6 heteroatoms. The third-order valence-electron chi connectivity index (χ3n) is 5.07. The summed E-state index contributed by atoms with van der Waals surface area (Å²) in [7, 11) is 0. The number of hydrogen-bond acceptors (Lipinski definition) is 3. The van der Waals surface area contributed by atoms with E-state index in [9.17, 15) is 9.59 Å². The zero-order chi connectivity index (χ0) is 24.5. The Morgan fingerprint density at radius 3 is 2.23 bits per heavy atom. The van der Waals surface area contributed by atoms with Crippen molar-refractivity contribution in [2.45, 2.75) is 10.6 Å². The van der Waals surface area contributed by atoms with Crippen LogP contribution in [0.1, 0.15) is 21.5 Å². The van der Waals surface area contributed by atoms with Crippen molar-refractivity contribution in [2.75, 3.05) is 5.32 Å². The Labute approximate surface area is 214 Å². The summed E-state index contributed by atoms with van der Waals surface area (Å²) in [5, 5.41) is 6.11. The number of anilines is 1. The molecule has 0 aromatic heterocycles. The highest BCUT2D eigenvalue weighted by Gasteiger charge is 2.16. The Morgan fingerprint density at radius 2 is 1.49 bits per heavy atom. The largest absolute Gasteiger partial charge is 0.321 e. The van der Waals surface area contributed by atoms with E-state index in [2.05, 4.69) is 22.8 Å². The first kappa shape index (κ1) is 24.3. The summed E-state index contributed by atoms with van der Waals surface area (Å²) >= 11 is 7.98. The summed E-state index contributed by atoms with van der Waals surface area (Å²) in [5.74, 6) is -0.00567. The lowest BCUT2D eigenvalue weighted by Crippen LogP contribution is -2.30. The van der Waals surface area contributed by atoms with Gasteiger partial charge in [0.25, 0.3) is 11.8 Å². The second kappa shape index (κ2) is 12.1. The fourth-order valence-electron chi connectivity index (χ4n) is 3.29. The van der Waals surface area contributed by atoms with Crippen LogP contribution in [0.4, 0.5) is 5.69 Å². The molecular formula is C29H23ClN2O2S. The molecule has 174 valence electrons. The number of hydrogen-bond donors (Lipinski definition) is 2. The first-order chi connectivity index (χ1) is 17.1. The highest BCUT2D eigenvalue weighted by atomic mass is 35.5. The van der Waals surface area contributed by atoms with E-state index in [-0.39, 0.29) is 11.6 Å². The van der Waals surface area contributed by atoms with Crippen molar-refractivity contribution in [1.82, 2.24) is 5.32 Å². The normalized spacial score (nSPS) is 11.1. The minimum Gasteiger partial charge on any atom is -0.321 e. The zero-order valence-electron chi connectivity index (χ0n) is 18.8. The third kappa shape index (κ3) is 7.09. The van der Waals surface area contributed by atoms with Crippen LogP contribution in [0.2, 0.25) is 5.02 Å². The Bertz CT molecular complexity index is 1340. The Hall–Kier alpha value is -3.80. The fraction of sp³-hybridized carbons (Fsp3) is 0.0345. The van der Waals surface area contributed by atoms with Crippen LogP contribution >= 0.6 is 23.4 Å². The van der Waals surface area contributed by atoms with Crippen LogP contribution in [-0.4, -0.2) is 11.8 Å². The topological polar surface area (TPSA) is 58.2 Å². The van der Waals surface area contributed by atoms with Crippen LogP contribution in [0.25, 0.3) is 6.08 Å². The lowest BCUT2D eigenvalue weighted by atomic mass is 10.1. The zero-order valence-corrected chi connectivity index (χ0v) is 20.4. The fourth-order valence-corrected chi connectivity index (χ4v) is 4.39. The monoisotopic (exact) mass is 498 g/mol. The molecule has 2 N–H and O–H groups in total. The van der Waals surface area contributed by atoms with Gasteiger partial charge >= 0.3 is 0 Å². The lowest BCUT2D eigenvalue weighted by molar-refractivity contribution is -0.113. The van der Waals surface area contributed by atoms with Gasteiger partial charge in [0.15, 0.2) is 0 Å². The number of halogens is 1. The van der Waals surface area contributed by atoms with Gasteiger partial charge in [-0.05, 0) is 53.6 Å². The van der Waals surface area contributed by atoms with E-state index in [4.69, 9.17) is 11.6 Å². The molecule has 0 bridgehead atoms. The minimum atomic E-state index is -0.445. The molecule has 0 unspecified atom stereocenters. The maximum Gasteiger partial charge on any atom is 0.272 e. The standard InChI is InChI=1S/C29H23ClN2O2S/c30-26-17-8-7-14-23(26)18-27(32-28(33)22-12-5-2-6-13-22)29(34)31-24-15-9-16-25(19-24)35-20-21-10-3-1-4-11-21/h1-19H,20H2,(H,31,34)(H,32,33)/b27-18-. The van der Waals surface area contributed by atoms with Crippen LogP contribution in [0.15, 0.2) is 120 Å². The van der Waals surface area contributed by atoms with Gasteiger partial charge in [0.1, 0.15) is 5.70 Å². The molecule has 4 aromatic carbocycles. The lowest BCUT2D eigenvalue weighted by Gasteiger charge is -2.12. The number of nitrogens with one attached hydrogen (secondary N) is 2. The van der Waals surface area contributed by atoms with Gasteiger partial charge < -0.3 is 10.6 Å². The smallest absolute Gasteiger partial charge is 0.272 e. The maximum absolute atomic E-state index is 13.2. The van der Waals surface area contributed by atoms with Crippen molar-refractivity contribution < 1.29 is 9.59 Å². The molecule has 0 aliphatic carbocycles. The van der Waals surface area contributed by atoms with Crippen LogP contribution < -0.4 is 10.6 Å². The first-order valence-corrected chi connectivity index (χ1v) is 12.4. The predicted octanol–water partition coefficient (Wildman–Crippen LogP) is 7.04. The molecule has 4 nitrogen and oxygen atoms in total. The van der Waals surface area contributed by atoms with Crippen molar-refractivity contribution >= 4 is 46.9 Å². The summed E-state index contributed by atoms with van der Waals surface area (Å²) in [4.78, 5) is 27.1. The van der Waals surface area contributed by atoms with E-state index in [1.807, 2.05) is 54.6 Å². The number of rotatable bonds is 8. The van der Waals surface area contributed by atoms with E-state index in [1.165, 1.54) is 5.56 Å². The van der Waals surface area contributed by atoms with Crippen molar-refractivity contribution in [3.05, 3.63) is 137 Å². The summed E-state index contributed by atoms with van der Waals surface area (Å²) in [6.45, 7) is 0. The average molecular weight is 499 g/mol. The van der Waals surface area contributed by atoms with E-state index < -0.39 is 5.91 Å². The second-order valence-electron chi connectivity index (χ2n) is 7.66. The number of amides is 2. The summed E-state index contributed by atoms with van der Waals surface area (Å²) in [6, 6.07) is 33.7. The molecule has 0 aliphatic rings. The molecule has 35 heavy (non-hydrogen) atoms. The number of thioether (sulfide) groups is 1. The van der Waals surface area contributed by atoms with Gasteiger partial charge in [-0.25, -0.2) is 0 Å². The highest BCUT2D eigenvalue weighted by Crippen LogP contribution is 2.26. The molecule has 0 fully saturated rings. The Balaban J connectivity index is 1.53.